The van der Waals surface area contributed by atoms with Crippen molar-refractivity contribution < 1.29 is 13.2 Å². The number of carbonyl (C=O) groups excluding carboxylic acids is 1. The molecule has 1 saturated carbocycles. The third-order valence-corrected chi connectivity index (χ3v) is 6.63. The van der Waals surface area contributed by atoms with E-state index in [0.29, 0.717) is 6.42 Å². The van der Waals surface area contributed by atoms with Crippen molar-refractivity contribution in [2.45, 2.75) is 69.2 Å². The second-order valence-electron chi connectivity index (χ2n) is 6.11. The Balaban J connectivity index is 2.17. The number of hydrogen-bond donors (Lipinski definition) is 2. The molecule has 2 rings (SSSR count). The van der Waals surface area contributed by atoms with Gasteiger partial charge >= 0.3 is 6.03 Å². The van der Waals surface area contributed by atoms with Gasteiger partial charge in [-0.2, -0.15) is 0 Å². The molecule has 2 N–H and O–H groups in total. The topological polar surface area (TPSA) is 75.3 Å². The molecule has 1 aliphatic carbocycles. The fraction of sp³-hybridized carbons (Fsp3) is 0.923. The van der Waals surface area contributed by atoms with E-state index in [2.05, 4.69) is 10.6 Å². The Morgan fingerprint density at radius 3 is 2.32 bits per heavy atom. The van der Waals surface area contributed by atoms with Gasteiger partial charge in [0, 0.05) is 6.04 Å². The molecule has 0 spiro atoms. The van der Waals surface area contributed by atoms with Crippen LogP contribution in [0, 0.1) is 0 Å². The zero-order valence-electron chi connectivity index (χ0n) is 11.7. The highest BCUT2D eigenvalue weighted by atomic mass is 32.2. The van der Waals surface area contributed by atoms with Crippen LogP contribution in [0.1, 0.15) is 52.4 Å². The predicted octanol–water partition coefficient (Wildman–Crippen LogP) is 1.58. The molecule has 0 aromatic heterocycles. The Morgan fingerprint density at radius 1 is 1.21 bits per heavy atom. The summed E-state index contributed by atoms with van der Waals surface area (Å²) in [6.45, 7) is 3.79. The van der Waals surface area contributed by atoms with Crippen LogP contribution < -0.4 is 10.6 Å². The van der Waals surface area contributed by atoms with Crippen molar-refractivity contribution in [2.24, 2.45) is 0 Å². The van der Waals surface area contributed by atoms with E-state index in [4.69, 9.17) is 0 Å². The molecule has 0 radical (unpaired) electrons. The van der Waals surface area contributed by atoms with E-state index < -0.39 is 15.4 Å². The maximum atomic E-state index is 12.2. The molecule has 1 saturated heterocycles. The van der Waals surface area contributed by atoms with Crippen molar-refractivity contribution in [1.29, 1.82) is 0 Å². The highest BCUT2D eigenvalue weighted by Gasteiger charge is 2.50. The van der Waals surface area contributed by atoms with Crippen LogP contribution >= 0.6 is 0 Å². The van der Waals surface area contributed by atoms with Crippen LogP contribution in [-0.4, -0.2) is 37.0 Å². The standard InChI is InChI=1S/C13H24N2O3S/c1-10(2)14-12(16)15-13(7-3-4-8-13)11-6-5-9-19(11,17)18/h10-11H,3-9H2,1-2H3,(H2,14,15,16). The number of amides is 2. The van der Waals surface area contributed by atoms with Gasteiger partial charge in [0.2, 0.25) is 0 Å². The summed E-state index contributed by atoms with van der Waals surface area (Å²) in [7, 11) is -3.05. The minimum atomic E-state index is -3.05. The molecule has 2 amide bonds. The van der Waals surface area contributed by atoms with E-state index in [9.17, 15) is 13.2 Å². The van der Waals surface area contributed by atoms with Crippen molar-refractivity contribution >= 4 is 15.9 Å². The maximum Gasteiger partial charge on any atom is 0.315 e. The lowest BCUT2D eigenvalue weighted by Crippen LogP contribution is -2.59. The number of nitrogens with one attached hydrogen (secondary N) is 2. The summed E-state index contributed by atoms with van der Waals surface area (Å²) in [6, 6.07) is -0.183. The zero-order chi connectivity index (χ0) is 14.1. The predicted molar refractivity (Wildman–Crippen MR) is 74.8 cm³/mol. The normalized spacial score (nSPS) is 28.5. The van der Waals surface area contributed by atoms with Crippen LogP contribution in [0.3, 0.4) is 0 Å². The fourth-order valence-corrected chi connectivity index (χ4v) is 5.83. The molecule has 2 aliphatic rings. The van der Waals surface area contributed by atoms with Gasteiger partial charge in [0.25, 0.3) is 0 Å². The molecule has 0 aromatic rings. The van der Waals surface area contributed by atoms with E-state index in [1.54, 1.807) is 0 Å². The molecule has 6 heteroatoms. The SMILES string of the molecule is CC(C)NC(=O)NC1(C2CCCS2(=O)=O)CCCC1. The first-order chi connectivity index (χ1) is 8.86. The molecular weight excluding hydrogens is 264 g/mol. The van der Waals surface area contributed by atoms with E-state index in [-0.39, 0.29) is 23.1 Å². The molecule has 0 aromatic carbocycles. The smallest absolute Gasteiger partial charge is 0.315 e. The van der Waals surface area contributed by atoms with E-state index in [1.165, 1.54) is 0 Å². The molecule has 1 aliphatic heterocycles. The van der Waals surface area contributed by atoms with Gasteiger partial charge in [0.15, 0.2) is 9.84 Å². The van der Waals surface area contributed by atoms with Gasteiger partial charge in [0.05, 0.1) is 16.5 Å². The van der Waals surface area contributed by atoms with Gasteiger partial charge in [-0.15, -0.1) is 0 Å². The number of urea groups is 1. The second-order valence-corrected chi connectivity index (χ2v) is 8.42. The molecule has 1 heterocycles. The third kappa shape index (κ3) is 3.04. The monoisotopic (exact) mass is 288 g/mol. The Labute approximate surface area is 115 Å². The summed E-state index contributed by atoms with van der Waals surface area (Å²) in [6.07, 6.45) is 4.96. The molecule has 19 heavy (non-hydrogen) atoms. The van der Waals surface area contributed by atoms with Crippen LogP contribution in [0.4, 0.5) is 4.79 Å². The van der Waals surface area contributed by atoms with E-state index in [1.807, 2.05) is 13.8 Å². The van der Waals surface area contributed by atoms with Gasteiger partial charge in [-0.3, -0.25) is 0 Å². The highest BCUT2D eigenvalue weighted by Crippen LogP contribution is 2.40. The van der Waals surface area contributed by atoms with Gasteiger partial charge in [-0.25, -0.2) is 13.2 Å². The zero-order valence-corrected chi connectivity index (χ0v) is 12.6. The van der Waals surface area contributed by atoms with Crippen LogP contribution in [0.25, 0.3) is 0 Å². The van der Waals surface area contributed by atoms with Gasteiger partial charge in [0.1, 0.15) is 0 Å². The average Bonchev–Trinajstić information content (AvgIpc) is 2.84. The second kappa shape index (κ2) is 5.31. The molecular formula is C13H24N2O3S. The molecule has 1 unspecified atom stereocenters. The molecule has 110 valence electrons. The quantitative estimate of drug-likeness (QED) is 0.828. The van der Waals surface area contributed by atoms with Crippen LogP contribution in [0.5, 0.6) is 0 Å². The molecule has 0 bridgehead atoms. The van der Waals surface area contributed by atoms with Crippen molar-refractivity contribution in [1.82, 2.24) is 10.6 Å². The summed E-state index contributed by atoms with van der Waals surface area (Å²) in [5, 5.41) is 5.40. The van der Waals surface area contributed by atoms with Crippen molar-refractivity contribution in [2.75, 3.05) is 5.75 Å². The minimum Gasteiger partial charge on any atom is -0.336 e. The first-order valence-electron chi connectivity index (χ1n) is 7.16. The summed E-state index contributed by atoms with van der Waals surface area (Å²) in [5.41, 5.74) is -0.533. The molecule has 1 atom stereocenters. The Bertz CT molecular complexity index is 439. The Kier molecular flexibility index (Phi) is 4.08. The lowest BCUT2D eigenvalue weighted by atomic mass is 9.90. The Hall–Kier alpha value is -0.780. The van der Waals surface area contributed by atoms with Crippen LogP contribution in [0.15, 0.2) is 0 Å². The first-order valence-corrected chi connectivity index (χ1v) is 8.87. The minimum absolute atomic E-state index is 0.0543. The Morgan fingerprint density at radius 2 is 1.84 bits per heavy atom. The lowest BCUT2D eigenvalue weighted by molar-refractivity contribution is 0.219. The van der Waals surface area contributed by atoms with Crippen molar-refractivity contribution in [3.63, 3.8) is 0 Å². The van der Waals surface area contributed by atoms with Gasteiger partial charge < -0.3 is 10.6 Å². The fourth-order valence-electron chi connectivity index (χ4n) is 3.47. The maximum absolute atomic E-state index is 12.2. The number of hydrogen-bond acceptors (Lipinski definition) is 3. The number of carbonyl (C=O) groups is 1. The number of sulfone groups is 1. The molecule has 5 nitrogen and oxygen atoms in total. The average molecular weight is 288 g/mol. The summed E-state index contributed by atoms with van der Waals surface area (Å²) >= 11 is 0. The van der Waals surface area contributed by atoms with Gasteiger partial charge in [-0.05, 0) is 39.5 Å². The number of rotatable bonds is 3. The van der Waals surface area contributed by atoms with Crippen molar-refractivity contribution in [3.05, 3.63) is 0 Å². The molecule has 2 fully saturated rings. The summed E-state index contributed by atoms with van der Waals surface area (Å²) in [4.78, 5) is 12.0. The highest BCUT2D eigenvalue weighted by molar-refractivity contribution is 7.92. The third-order valence-electron chi connectivity index (χ3n) is 4.22. The van der Waals surface area contributed by atoms with Crippen molar-refractivity contribution in [3.8, 4) is 0 Å². The van der Waals surface area contributed by atoms with Crippen LogP contribution in [-0.2, 0) is 9.84 Å². The first kappa shape index (κ1) is 14.6. The van der Waals surface area contributed by atoms with E-state index in [0.717, 1.165) is 32.1 Å². The summed E-state index contributed by atoms with van der Waals surface area (Å²) < 4.78 is 24.4. The van der Waals surface area contributed by atoms with Crippen LogP contribution in [0.2, 0.25) is 0 Å². The van der Waals surface area contributed by atoms with Gasteiger partial charge in [-0.1, -0.05) is 12.8 Å². The summed E-state index contributed by atoms with van der Waals surface area (Å²) in [5.74, 6) is 0.271. The largest absolute Gasteiger partial charge is 0.336 e. The lowest BCUT2D eigenvalue weighted by Gasteiger charge is -2.35. The van der Waals surface area contributed by atoms with E-state index >= 15 is 0 Å².